The molecule has 1 aromatic carbocycles. The first-order valence-corrected chi connectivity index (χ1v) is 8.22. The van der Waals surface area contributed by atoms with Crippen LogP contribution < -0.4 is 5.32 Å². The first kappa shape index (κ1) is 15.7. The van der Waals surface area contributed by atoms with Crippen LogP contribution in [0.25, 0.3) is 0 Å². The van der Waals surface area contributed by atoms with E-state index in [1.807, 2.05) is 0 Å². The summed E-state index contributed by atoms with van der Waals surface area (Å²) in [6.07, 6.45) is -0.376. The summed E-state index contributed by atoms with van der Waals surface area (Å²) in [6.45, 7) is 1.28. The minimum Gasteiger partial charge on any atom is -0.369 e. The molecule has 1 saturated heterocycles. The van der Waals surface area contributed by atoms with E-state index in [0.29, 0.717) is 25.3 Å². The van der Waals surface area contributed by atoms with E-state index in [-0.39, 0.29) is 5.02 Å². The molecule has 20 heavy (non-hydrogen) atoms. The smallest absolute Gasteiger partial charge is 0.264 e. The molecule has 0 spiro atoms. The fourth-order valence-electron chi connectivity index (χ4n) is 2.03. The minimum atomic E-state index is -3.63. The molecule has 0 saturated carbocycles. The number of rotatable bonds is 3. The van der Waals surface area contributed by atoms with Gasteiger partial charge in [0, 0.05) is 13.1 Å². The van der Waals surface area contributed by atoms with E-state index >= 15 is 0 Å². The van der Waals surface area contributed by atoms with Crippen molar-refractivity contribution in [2.45, 2.75) is 12.2 Å². The number of hydrogen-bond acceptors (Lipinski definition) is 5. The highest BCUT2D eigenvalue weighted by Gasteiger charge is 2.30. The van der Waals surface area contributed by atoms with Gasteiger partial charge in [-0.15, -0.1) is 0 Å². The Morgan fingerprint density at radius 1 is 1.50 bits per heavy atom. The topological polar surface area (TPSA) is 64.6 Å². The van der Waals surface area contributed by atoms with Gasteiger partial charge in [0.2, 0.25) is 0 Å². The van der Waals surface area contributed by atoms with Crippen molar-refractivity contribution in [1.29, 1.82) is 0 Å². The molecule has 1 N–H and O–H groups in total. The largest absolute Gasteiger partial charge is 0.369 e. The summed E-state index contributed by atoms with van der Waals surface area (Å²) in [6, 6.07) is 4.15. The number of nitrogens with one attached hydrogen (secondary N) is 1. The van der Waals surface area contributed by atoms with Gasteiger partial charge in [-0.05, 0) is 17.7 Å². The van der Waals surface area contributed by atoms with Gasteiger partial charge >= 0.3 is 0 Å². The maximum Gasteiger partial charge on any atom is 0.264 e. The summed E-state index contributed by atoms with van der Waals surface area (Å²) in [7, 11) is -3.63. The van der Waals surface area contributed by atoms with Crippen LogP contribution in [0.1, 0.15) is 11.7 Å². The Labute approximate surface area is 122 Å². The third-order valence-corrected chi connectivity index (χ3v) is 3.72. The average Bonchev–Trinajstić information content (AvgIpc) is 2.56. The zero-order valence-corrected chi connectivity index (χ0v) is 12.4. The molecule has 112 valence electrons. The maximum atomic E-state index is 13.2. The number of benzene rings is 1. The Morgan fingerprint density at radius 3 is 2.90 bits per heavy atom. The average molecular weight is 324 g/mol. The molecule has 1 aliphatic rings. The van der Waals surface area contributed by atoms with Gasteiger partial charge in [0.15, 0.2) is 0 Å². The van der Waals surface area contributed by atoms with Crippen molar-refractivity contribution in [2.24, 2.45) is 0 Å². The lowest BCUT2D eigenvalue weighted by Crippen LogP contribution is -2.33. The first-order chi connectivity index (χ1) is 9.37. The molecule has 1 aliphatic heterocycles. The van der Waals surface area contributed by atoms with Crippen molar-refractivity contribution in [1.82, 2.24) is 5.32 Å². The third-order valence-electron chi connectivity index (χ3n) is 2.83. The van der Waals surface area contributed by atoms with Crippen molar-refractivity contribution >= 4 is 21.7 Å². The van der Waals surface area contributed by atoms with Gasteiger partial charge in [0.05, 0.1) is 17.9 Å². The monoisotopic (exact) mass is 323 g/mol. The minimum absolute atomic E-state index is 0.0404. The predicted molar refractivity (Wildman–Crippen MR) is 72.7 cm³/mol. The number of hydrogen-bond donors (Lipinski definition) is 1. The molecule has 8 heteroatoms. The molecule has 0 aliphatic carbocycles. The van der Waals surface area contributed by atoms with Gasteiger partial charge in [0.1, 0.15) is 18.0 Å². The van der Waals surface area contributed by atoms with E-state index in [1.165, 1.54) is 18.2 Å². The maximum absolute atomic E-state index is 13.2. The summed E-state index contributed by atoms with van der Waals surface area (Å²) in [5, 5.41) is 2.98. The summed E-state index contributed by atoms with van der Waals surface area (Å²) >= 11 is 5.75. The van der Waals surface area contributed by atoms with Gasteiger partial charge in [0.25, 0.3) is 10.1 Å². The van der Waals surface area contributed by atoms with Crippen LogP contribution in [0.15, 0.2) is 18.2 Å². The summed E-state index contributed by atoms with van der Waals surface area (Å²) in [4.78, 5) is 0. The molecule has 1 aromatic rings. The van der Waals surface area contributed by atoms with E-state index in [2.05, 4.69) is 5.32 Å². The zero-order chi connectivity index (χ0) is 14.8. The normalized spacial score (nSPS) is 24.4. The highest BCUT2D eigenvalue weighted by molar-refractivity contribution is 7.86. The predicted octanol–water partition coefficient (Wildman–Crippen LogP) is 1.48. The van der Waals surface area contributed by atoms with E-state index < -0.39 is 28.1 Å². The molecular weight excluding hydrogens is 309 g/mol. The highest BCUT2D eigenvalue weighted by atomic mass is 35.5. The SMILES string of the molecule is CS(=O)(=O)OC1CNCCOC1c1ccc(F)c(Cl)c1. The van der Waals surface area contributed by atoms with Crippen LogP contribution >= 0.6 is 11.6 Å². The molecule has 1 fully saturated rings. The highest BCUT2D eigenvalue weighted by Crippen LogP contribution is 2.28. The van der Waals surface area contributed by atoms with Crippen molar-refractivity contribution in [3.63, 3.8) is 0 Å². The molecular formula is C12H15ClFNO4S. The van der Waals surface area contributed by atoms with Crippen LogP contribution in [0.2, 0.25) is 5.02 Å². The lowest BCUT2D eigenvalue weighted by Gasteiger charge is -2.24. The van der Waals surface area contributed by atoms with Crippen LogP contribution in [0, 0.1) is 5.82 Å². The molecule has 2 unspecified atom stereocenters. The molecule has 5 nitrogen and oxygen atoms in total. The van der Waals surface area contributed by atoms with Crippen molar-refractivity contribution in [3.8, 4) is 0 Å². The Bertz CT molecular complexity index is 581. The molecule has 0 aromatic heterocycles. The zero-order valence-electron chi connectivity index (χ0n) is 10.8. The third kappa shape index (κ3) is 4.13. The van der Waals surface area contributed by atoms with Crippen LogP contribution in [0.3, 0.4) is 0 Å². The van der Waals surface area contributed by atoms with E-state index in [1.54, 1.807) is 0 Å². The second kappa shape index (κ2) is 6.36. The van der Waals surface area contributed by atoms with Gasteiger partial charge in [-0.1, -0.05) is 17.7 Å². The number of ether oxygens (including phenoxy) is 1. The molecule has 1 heterocycles. The quantitative estimate of drug-likeness (QED) is 0.854. The van der Waals surface area contributed by atoms with Crippen LogP contribution in [-0.4, -0.2) is 40.5 Å². The standard InChI is InChI=1S/C12H15ClFNO4S/c1-20(16,17)19-11-7-15-4-5-18-12(11)8-2-3-10(14)9(13)6-8/h2-3,6,11-12,15H,4-5,7H2,1H3. The Balaban J connectivity index is 2.29. The first-order valence-electron chi connectivity index (χ1n) is 6.02. The van der Waals surface area contributed by atoms with Crippen LogP contribution in [0.4, 0.5) is 4.39 Å². The summed E-state index contributed by atoms with van der Waals surface area (Å²) in [5.41, 5.74) is 0.578. The van der Waals surface area contributed by atoms with Gasteiger partial charge < -0.3 is 10.1 Å². The van der Waals surface area contributed by atoms with Crippen molar-refractivity contribution in [3.05, 3.63) is 34.6 Å². The van der Waals surface area contributed by atoms with Crippen molar-refractivity contribution in [2.75, 3.05) is 26.0 Å². The number of halogens is 2. The fraction of sp³-hybridized carbons (Fsp3) is 0.500. The van der Waals surface area contributed by atoms with E-state index in [4.69, 9.17) is 20.5 Å². The van der Waals surface area contributed by atoms with Crippen LogP contribution in [-0.2, 0) is 19.0 Å². The molecule has 0 amide bonds. The Hall–Kier alpha value is -0.730. The summed E-state index contributed by atoms with van der Waals surface area (Å²) in [5.74, 6) is -0.539. The lowest BCUT2D eigenvalue weighted by molar-refractivity contribution is -0.00553. The molecule has 0 radical (unpaired) electrons. The Kier molecular flexibility index (Phi) is 4.98. The molecule has 2 atom stereocenters. The Morgan fingerprint density at radius 2 is 2.25 bits per heavy atom. The lowest BCUT2D eigenvalue weighted by atomic mass is 10.0. The summed E-state index contributed by atoms with van der Waals surface area (Å²) < 4.78 is 46.5. The van der Waals surface area contributed by atoms with Gasteiger partial charge in [-0.3, -0.25) is 4.18 Å². The van der Waals surface area contributed by atoms with Gasteiger partial charge in [-0.25, -0.2) is 4.39 Å². The van der Waals surface area contributed by atoms with Crippen LogP contribution in [0.5, 0.6) is 0 Å². The fourth-order valence-corrected chi connectivity index (χ4v) is 2.83. The van der Waals surface area contributed by atoms with E-state index in [9.17, 15) is 12.8 Å². The molecule has 0 bridgehead atoms. The van der Waals surface area contributed by atoms with Gasteiger partial charge in [-0.2, -0.15) is 8.42 Å². The van der Waals surface area contributed by atoms with Crippen molar-refractivity contribution < 1.29 is 21.7 Å². The second-order valence-electron chi connectivity index (χ2n) is 4.51. The molecule has 2 rings (SSSR count). The second-order valence-corrected chi connectivity index (χ2v) is 6.52. The van der Waals surface area contributed by atoms with E-state index in [0.717, 1.165) is 6.26 Å².